The fraction of sp³-hybridized carbons (Fsp3) is 0.100. The predicted molar refractivity (Wildman–Crippen MR) is 57.9 cm³/mol. The molecule has 76 valence electrons. The van der Waals surface area contributed by atoms with Crippen LogP contribution in [0.4, 0.5) is 0 Å². The van der Waals surface area contributed by atoms with Gasteiger partial charge in [0.1, 0.15) is 0 Å². The van der Waals surface area contributed by atoms with Gasteiger partial charge in [0.15, 0.2) is 10.9 Å². The van der Waals surface area contributed by atoms with Gasteiger partial charge in [-0.1, -0.05) is 11.8 Å². The van der Waals surface area contributed by atoms with Crippen LogP contribution >= 0.6 is 11.8 Å². The first kappa shape index (κ1) is 9.92. The summed E-state index contributed by atoms with van der Waals surface area (Å²) in [4.78, 5) is 22.5. The van der Waals surface area contributed by atoms with E-state index in [1.54, 1.807) is 36.9 Å². The summed E-state index contributed by atoms with van der Waals surface area (Å²) in [6.07, 6.45) is 6.63. The number of rotatable bonds is 4. The van der Waals surface area contributed by atoms with E-state index >= 15 is 0 Å². The Labute approximate surface area is 91.2 Å². The monoisotopic (exact) mass is 219 g/mol. The first-order valence-electron chi connectivity index (χ1n) is 4.41. The molecular formula is C10H9N3OS. The highest BCUT2D eigenvalue weighted by molar-refractivity contribution is 7.99. The van der Waals surface area contributed by atoms with Crippen LogP contribution in [0.3, 0.4) is 0 Å². The van der Waals surface area contributed by atoms with Crippen molar-refractivity contribution >= 4 is 17.5 Å². The van der Waals surface area contributed by atoms with Crippen LogP contribution < -0.4 is 0 Å². The molecule has 15 heavy (non-hydrogen) atoms. The van der Waals surface area contributed by atoms with E-state index < -0.39 is 0 Å². The molecule has 5 heteroatoms. The van der Waals surface area contributed by atoms with Gasteiger partial charge >= 0.3 is 0 Å². The highest BCUT2D eigenvalue weighted by atomic mass is 32.2. The summed E-state index contributed by atoms with van der Waals surface area (Å²) in [5.41, 5.74) is 0.684. The normalized spacial score (nSPS) is 10.1. The average Bonchev–Trinajstić information content (AvgIpc) is 2.80. The first-order valence-corrected chi connectivity index (χ1v) is 5.40. The lowest BCUT2D eigenvalue weighted by atomic mass is 10.2. The van der Waals surface area contributed by atoms with Gasteiger partial charge in [-0.2, -0.15) is 0 Å². The topological polar surface area (TPSA) is 58.6 Å². The number of aromatic amines is 1. The van der Waals surface area contributed by atoms with E-state index in [2.05, 4.69) is 15.0 Å². The Morgan fingerprint density at radius 2 is 2.13 bits per heavy atom. The second-order valence-electron chi connectivity index (χ2n) is 2.84. The number of aromatic nitrogens is 3. The van der Waals surface area contributed by atoms with Crippen LogP contribution in [0.1, 0.15) is 10.4 Å². The van der Waals surface area contributed by atoms with Crippen molar-refractivity contribution in [3.05, 3.63) is 42.5 Å². The van der Waals surface area contributed by atoms with Gasteiger partial charge in [0.25, 0.3) is 0 Å². The van der Waals surface area contributed by atoms with Crippen molar-refractivity contribution in [2.24, 2.45) is 0 Å². The highest BCUT2D eigenvalue weighted by Gasteiger charge is 2.06. The molecule has 0 saturated carbocycles. The minimum absolute atomic E-state index is 0.0822. The molecule has 0 spiro atoms. The maximum absolute atomic E-state index is 11.6. The number of ketones is 1. The molecule has 0 radical (unpaired) electrons. The summed E-state index contributed by atoms with van der Waals surface area (Å²) >= 11 is 1.39. The van der Waals surface area contributed by atoms with Crippen LogP contribution in [0.25, 0.3) is 0 Å². The van der Waals surface area contributed by atoms with Crippen molar-refractivity contribution < 1.29 is 4.79 Å². The minimum atomic E-state index is 0.0822. The van der Waals surface area contributed by atoms with Crippen molar-refractivity contribution in [3.63, 3.8) is 0 Å². The molecule has 0 amide bonds. The van der Waals surface area contributed by atoms with E-state index in [1.807, 2.05) is 0 Å². The van der Waals surface area contributed by atoms with E-state index in [0.717, 1.165) is 5.16 Å². The summed E-state index contributed by atoms with van der Waals surface area (Å²) < 4.78 is 0. The predicted octanol–water partition coefficient (Wildman–Crippen LogP) is 1.78. The highest BCUT2D eigenvalue weighted by Crippen LogP contribution is 2.13. The number of H-pyrrole nitrogens is 1. The van der Waals surface area contributed by atoms with Gasteiger partial charge in [-0.3, -0.25) is 9.78 Å². The Hall–Kier alpha value is -1.62. The standard InChI is InChI=1S/C10H9N3OS/c14-9(8-1-3-11-4-2-8)7-15-10-12-5-6-13-10/h1-6H,7H2,(H,12,13). The second-order valence-corrected chi connectivity index (χ2v) is 3.81. The maximum atomic E-state index is 11.6. The Morgan fingerprint density at radius 1 is 1.33 bits per heavy atom. The quantitative estimate of drug-likeness (QED) is 0.629. The minimum Gasteiger partial charge on any atom is -0.340 e. The molecule has 0 aliphatic carbocycles. The number of hydrogen-bond acceptors (Lipinski definition) is 4. The molecule has 0 saturated heterocycles. The lowest BCUT2D eigenvalue weighted by Gasteiger charge is -1.98. The van der Waals surface area contributed by atoms with Gasteiger partial charge in [-0.15, -0.1) is 0 Å². The van der Waals surface area contributed by atoms with Gasteiger partial charge in [0, 0.05) is 30.4 Å². The molecule has 1 N–H and O–H groups in total. The van der Waals surface area contributed by atoms with Gasteiger partial charge in [0.2, 0.25) is 0 Å². The number of pyridine rings is 1. The molecule has 4 nitrogen and oxygen atoms in total. The molecule has 0 atom stereocenters. The maximum Gasteiger partial charge on any atom is 0.173 e. The molecule has 0 aromatic carbocycles. The summed E-state index contributed by atoms with van der Waals surface area (Å²) in [5, 5.41) is 0.761. The van der Waals surface area contributed by atoms with Crippen LogP contribution in [-0.4, -0.2) is 26.5 Å². The van der Waals surface area contributed by atoms with Gasteiger partial charge < -0.3 is 4.98 Å². The number of nitrogens with one attached hydrogen (secondary N) is 1. The lowest BCUT2D eigenvalue weighted by molar-refractivity contribution is 0.102. The second kappa shape index (κ2) is 4.75. The number of imidazole rings is 1. The summed E-state index contributed by atoms with van der Waals surface area (Å²) in [6, 6.07) is 3.43. The molecule has 2 aromatic rings. The number of carbonyl (C=O) groups is 1. The molecule has 0 aliphatic heterocycles. The molecule has 0 unspecified atom stereocenters. The molecule has 2 rings (SSSR count). The first-order chi connectivity index (χ1) is 7.36. The zero-order valence-corrected chi connectivity index (χ0v) is 8.70. The van der Waals surface area contributed by atoms with E-state index in [4.69, 9.17) is 0 Å². The Balaban J connectivity index is 1.94. The van der Waals surface area contributed by atoms with E-state index in [1.165, 1.54) is 11.8 Å². The Bertz CT molecular complexity index is 427. The third-order valence-electron chi connectivity index (χ3n) is 1.82. The van der Waals surface area contributed by atoms with Crippen LogP contribution in [-0.2, 0) is 0 Å². The zero-order chi connectivity index (χ0) is 10.5. The molecular weight excluding hydrogens is 210 g/mol. The van der Waals surface area contributed by atoms with Crippen LogP contribution in [0.2, 0.25) is 0 Å². The summed E-state index contributed by atoms with van der Waals surface area (Å²) in [5.74, 6) is 0.469. The SMILES string of the molecule is O=C(CSc1ncc[nH]1)c1ccncc1. The molecule has 0 bridgehead atoms. The van der Waals surface area contributed by atoms with Crippen LogP contribution in [0, 0.1) is 0 Å². The fourth-order valence-corrected chi connectivity index (χ4v) is 1.81. The van der Waals surface area contributed by atoms with Crippen molar-refractivity contribution in [1.29, 1.82) is 0 Å². The van der Waals surface area contributed by atoms with Crippen molar-refractivity contribution in [2.45, 2.75) is 5.16 Å². The molecule has 0 fully saturated rings. The Kier molecular flexibility index (Phi) is 3.14. The molecule has 2 heterocycles. The number of carbonyl (C=O) groups excluding carboxylic acids is 1. The van der Waals surface area contributed by atoms with Crippen molar-refractivity contribution in [2.75, 3.05) is 5.75 Å². The summed E-state index contributed by atoms with van der Waals surface area (Å²) in [7, 11) is 0. The van der Waals surface area contributed by atoms with Crippen LogP contribution in [0.5, 0.6) is 0 Å². The largest absolute Gasteiger partial charge is 0.340 e. The van der Waals surface area contributed by atoms with Crippen molar-refractivity contribution in [3.8, 4) is 0 Å². The van der Waals surface area contributed by atoms with Crippen molar-refractivity contribution in [1.82, 2.24) is 15.0 Å². The lowest BCUT2D eigenvalue weighted by Crippen LogP contribution is -2.02. The van der Waals surface area contributed by atoms with Gasteiger partial charge in [0.05, 0.1) is 5.75 Å². The summed E-state index contributed by atoms with van der Waals surface area (Å²) in [6.45, 7) is 0. The van der Waals surface area contributed by atoms with E-state index in [0.29, 0.717) is 11.3 Å². The third kappa shape index (κ3) is 2.66. The number of thioether (sulfide) groups is 1. The fourth-order valence-electron chi connectivity index (χ4n) is 1.08. The third-order valence-corrected chi connectivity index (χ3v) is 2.72. The average molecular weight is 219 g/mol. The number of hydrogen-bond donors (Lipinski definition) is 1. The zero-order valence-electron chi connectivity index (χ0n) is 7.88. The van der Waals surface area contributed by atoms with Gasteiger partial charge in [-0.25, -0.2) is 4.98 Å². The van der Waals surface area contributed by atoms with E-state index in [9.17, 15) is 4.79 Å². The van der Waals surface area contributed by atoms with Crippen LogP contribution in [0.15, 0.2) is 42.1 Å². The number of Topliss-reactive ketones (excluding diaryl/α,β-unsaturated/α-hetero) is 1. The number of nitrogens with zero attached hydrogens (tertiary/aromatic N) is 2. The van der Waals surface area contributed by atoms with Gasteiger partial charge in [-0.05, 0) is 12.1 Å². The van der Waals surface area contributed by atoms with E-state index in [-0.39, 0.29) is 5.78 Å². The Morgan fingerprint density at radius 3 is 2.80 bits per heavy atom. The smallest absolute Gasteiger partial charge is 0.173 e. The molecule has 2 aromatic heterocycles. The molecule has 0 aliphatic rings.